The summed E-state index contributed by atoms with van der Waals surface area (Å²) in [5.41, 5.74) is 2.86. The van der Waals surface area contributed by atoms with Crippen molar-refractivity contribution in [2.45, 2.75) is 38.3 Å². The van der Waals surface area contributed by atoms with Crippen LogP contribution in [0.2, 0.25) is 0 Å². The van der Waals surface area contributed by atoms with Gasteiger partial charge in [-0.3, -0.25) is 4.79 Å². The minimum absolute atomic E-state index is 0.00984. The van der Waals surface area contributed by atoms with Crippen LogP contribution in [0.25, 0.3) is 0 Å². The molecule has 1 aromatic carbocycles. The molecule has 0 saturated carbocycles. The molecule has 2 aliphatic rings. The van der Waals surface area contributed by atoms with Crippen LogP contribution in [0.4, 0.5) is 11.5 Å². The van der Waals surface area contributed by atoms with E-state index in [0.29, 0.717) is 5.56 Å². The largest absolute Gasteiger partial charge is 0.376 e. The molecule has 25 heavy (non-hydrogen) atoms. The smallest absolute Gasteiger partial charge is 0.260 e. The molecule has 1 fully saturated rings. The van der Waals surface area contributed by atoms with Crippen molar-refractivity contribution in [2.75, 3.05) is 23.4 Å². The SMILES string of the molecule is CC1Cc2ccccc2N1C(=O)c1ccc(NCC2CCCO2)nc1. The Balaban J connectivity index is 1.45. The summed E-state index contributed by atoms with van der Waals surface area (Å²) in [6, 6.07) is 12.0. The Morgan fingerprint density at radius 2 is 2.20 bits per heavy atom. The van der Waals surface area contributed by atoms with Gasteiger partial charge in [0.25, 0.3) is 5.91 Å². The molecule has 1 aromatic heterocycles. The number of nitrogens with zero attached hydrogens (tertiary/aromatic N) is 2. The molecule has 2 aliphatic heterocycles. The van der Waals surface area contributed by atoms with E-state index in [0.717, 1.165) is 43.9 Å². The zero-order valence-corrected chi connectivity index (χ0v) is 14.4. The van der Waals surface area contributed by atoms with Crippen LogP contribution in [-0.4, -0.2) is 36.2 Å². The molecule has 1 N–H and O–H groups in total. The molecule has 3 heterocycles. The maximum atomic E-state index is 12.9. The number of fused-ring (bicyclic) bond motifs is 1. The number of carbonyl (C=O) groups is 1. The molecule has 0 spiro atoms. The highest BCUT2D eigenvalue weighted by Gasteiger charge is 2.31. The summed E-state index contributed by atoms with van der Waals surface area (Å²) in [6.07, 6.45) is 5.05. The van der Waals surface area contributed by atoms with E-state index in [2.05, 4.69) is 23.3 Å². The molecule has 4 rings (SSSR count). The van der Waals surface area contributed by atoms with Gasteiger partial charge in [0, 0.05) is 31.1 Å². The number of anilines is 2. The predicted molar refractivity (Wildman–Crippen MR) is 98.1 cm³/mol. The highest BCUT2D eigenvalue weighted by atomic mass is 16.5. The molecule has 2 aromatic rings. The van der Waals surface area contributed by atoms with E-state index in [4.69, 9.17) is 4.74 Å². The molecule has 0 aliphatic carbocycles. The number of amides is 1. The van der Waals surface area contributed by atoms with E-state index in [1.54, 1.807) is 6.20 Å². The van der Waals surface area contributed by atoms with E-state index in [1.807, 2.05) is 35.2 Å². The molecule has 0 radical (unpaired) electrons. The van der Waals surface area contributed by atoms with Gasteiger partial charge in [0.15, 0.2) is 0 Å². The second-order valence-electron chi connectivity index (χ2n) is 6.81. The number of benzene rings is 1. The summed E-state index contributed by atoms with van der Waals surface area (Å²) in [5.74, 6) is 0.789. The first-order valence-corrected chi connectivity index (χ1v) is 8.95. The normalized spacial score (nSPS) is 22.0. The fourth-order valence-corrected chi connectivity index (χ4v) is 3.66. The highest BCUT2D eigenvalue weighted by Crippen LogP contribution is 2.33. The van der Waals surface area contributed by atoms with Gasteiger partial charge < -0.3 is 15.0 Å². The number of para-hydroxylation sites is 1. The fourth-order valence-electron chi connectivity index (χ4n) is 3.66. The number of aromatic nitrogens is 1. The van der Waals surface area contributed by atoms with Gasteiger partial charge in [0.05, 0.1) is 11.7 Å². The Morgan fingerprint density at radius 1 is 1.32 bits per heavy atom. The molecule has 2 unspecified atom stereocenters. The van der Waals surface area contributed by atoms with E-state index >= 15 is 0 Å². The first kappa shape index (κ1) is 16.1. The van der Waals surface area contributed by atoms with Crippen molar-refractivity contribution in [3.8, 4) is 0 Å². The lowest BCUT2D eigenvalue weighted by molar-refractivity contribution is 0.0981. The number of rotatable bonds is 4. The Labute approximate surface area is 148 Å². The first-order chi connectivity index (χ1) is 12.2. The summed E-state index contributed by atoms with van der Waals surface area (Å²) >= 11 is 0. The van der Waals surface area contributed by atoms with Gasteiger partial charge in [0.2, 0.25) is 0 Å². The molecule has 5 nitrogen and oxygen atoms in total. The summed E-state index contributed by atoms with van der Waals surface area (Å²) in [5, 5.41) is 3.29. The van der Waals surface area contributed by atoms with E-state index in [1.165, 1.54) is 5.56 Å². The van der Waals surface area contributed by atoms with Crippen molar-refractivity contribution >= 4 is 17.4 Å². The average molecular weight is 337 g/mol. The monoisotopic (exact) mass is 337 g/mol. The van der Waals surface area contributed by atoms with Crippen LogP contribution in [0.1, 0.15) is 35.7 Å². The van der Waals surface area contributed by atoms with E-state index in [-0.39, 0.29) is 18.1 Å². The summed E-state index contributed by atoms with van der Waals surface area (Å²) in [6.45, 7) is 3.70. The van der Waals surface area contributed by atoms with Gasteiger partial charge in [-0.05, 0) is 49.9 Å². The van der Waals surface area contributed by atoms with Gasteiger partial charge in [-0.25, -0.2) is 4.98 Å². The lowest BCUT2D eigenvalue weighted by Crippen LogP contribution is -2.35. The molecular formula is C20H23N3O2. The summed E-state index contributed by atoms with van der Waals surface area (Å²) in [4.78, 5) is 19.2. The molecule has 5 heteroatoms. The average Bonchev–Trinajstić information content (AvgIpc) is 3.26. The Kier molecular flexibility index (Phi) is 4.40. The van der Waals surface area contributed by atoms with Gasteiger partial charge in [-0.15, -0.1) is 0 Å². The maximum absolute atomic E-state index is 12.9. The third kappa shape index (κ3) is 3.24. The molecular weight excluding hydrogens is 314 g/mol. The number of hydrogen-bond donors (Lipinski definition) is 1. The van der Waals surface area contributed by atoms with E-state index < -0.39 is 0 Å². The Hall–Kier alpha value is -2.40. The van der Waals surface area contributed by atoms with Crippen LogP contribution >= 0.6 is 0 Å². The van der Waals surface area contributed by atoms with Crippen LogP contribution in [-0.2, 0) is 11.2 Å². The van der Waals surface area contributed by atoms with Crippen LogP contribution in [0.3, 0.4) is 0 Å². The van der Waals surface area contributed by atoms with Gasteiger partial charge >= 0.3 is 0 Å². The number of pyridine rings is 1. The topological polar surface area (TPSA) is 54.5 Å². The maximum Gasteiger partial charge on any atom is 0.260 e. The van der Waals surface area contributed by atoms with Crippen LogP contribution in [0, 0.1) is 0 Å². The number of hydrogen-bond acceptors (Lipinski definition) is 4. The zero-order chi connectivity index (χ0) is 17.2. The third-order valence-corrected chi connectivity index (χ3v) is 4.97. The molecule has 2 atom stereocenters. The highest BCUT2D eigenvalue weighted by molar-refractivity contribution is 6.07. The molecule has 1 saturated heterocycles. The minimum Gasteiger partial charge on any atom is -0.376 e. The minimum atomic E-state index is 0.00984. The zero-order valence-electron chi connectivity index (χ0n) is 14.4. The standard InChI is InChI=1S/C20H23N3O2/c1-14-11-15-5-2-3-7-18(15)23(14)20(24)16-8-9-19(21-12-16)22-13-17-6-4-10-25-17/h2-3,5,7-9,12,14,17H,4,6,10-11,13H2,1H3,(H,21,22). The second kappa shape index (κ2) is 6.84. The number of carbonyl (C=O) groups excluding carboxylic acids is 1. The quantitative estimate of drug-likeness (QED) is 0.930. The van der Waals surface area contributed by atoms with Gasteiger partial charge in [-0.2, -0.15) is 0 Å². The molecule has 0 bridgehead atoms. The predicted octanol–water partition coefficient (Wildman–Crippen LogP) is 3.26. The fraction of sp³-hybridized carbons (Fsp3) is 0.400. The second-order valence-corrected chi connectivity index (χ2v) is 6.81. The third-order valence-electron chi connectivity index (χ3n) is 4.97. The van der Waals surface area contributed by atoms with Crippen LogP contribution in [0.5, 0.6) is 0 Å². The van der Waals surface area contributed by atoms with E-state index in [9.17, 15) is 4.79 Å². The van der Waals surface area contributed by atoms with Crippen molar-refractivity contribution in [3.63, 3.8) is 0 Å². The number of ether oxygens (including phenoxy) is 1. The van der Waals surface area contributed by atoms with Crippen molar-refractivity contribution in [1.82, 2.24) is 4.98 Å². The Bertz CT molecular complexity index is 754. The van der Waals surface area contributed by atoms with Crippen LogP contribution in [0.15, 0.2) is 42.6 Å². The van der Waals surface area contributed by atoms with Crippen molar-refractivity contribution in [3.05, 3.63) is 53.7 Å². The number of nitrogens with one attached hydrogen (secondary N) is 1. The summed E-state index contributed by atoms with van der Waals surface area (Å²) < 4.78 is 5.60. The van der Waals surface area contributed by atoms with Crippen LogP contribution < -0.4 is 10.2 Å². The summed E-state index contributed by atoms with van der Waals surface area (Å²) in [7, 11) is 0. The molecule has 130 valence electrons. The Morgan fingerprint density at radius 3 is 2.96 bits per heavy atom. The lowest BCUT2D eigenvalue weighted by Gasteiger charge is -2.22. The van der Waals surface area contributed by atoms with Crippen molar-refractivity contribution < 1.29 is 9.53 Å². The van der Waals surface area contributed by atoms with Gasteiger partial charge in [0.1, 0.15) is 5.82 Å². The van der Waals surface area contributed by atoms with Crippen molar-refractivity contribution in [2.24, 2.45) is 0 Å². The van der Waals surface area contributed by atoms with Gasteiger partial charge in [-0.1, -0.05) is 18.2 Å². The van der Waals surface area contributed by atoms with Crippen molar-refractivity contribution in [1.29, 1.82) is 0 Å². The first-order valence-electron chi connectivity index (χ1n) is 8.95. The lowest BCUT2D eigenvalue weighted by atomic mass is 10.1. The molecule has 1 amide bonds.